The third-order valence-electron chi connectivity index (χ3n) is 13.7. The van der Waals surface area contributed by atoms with Crippen LogP contribution in [0.25, 0.3) is 0 Å². The highest BCUT2D eigenvalue weighted by molar-refractivity contribution is 5.76. The first-order chi connectivity index (χ1) is 17.1. The Morgan fingerprint density at radius 3 is 2.14 bits per heavy atom. The topological polar surface area (TPSA) is 83.8 Å². The number of allylic oxidation sites excluding steroid dienone is 1. The number of aliphatic hydroxyl groups excluding tert-OH is 1. The van der Waals surface area contributed by atoms with Crippen LogP contribution < -0.4 is 0 Å². The van der Waals surface area contributed by atoms with Gasteiger partial charge >= 0.3 is 11.9 Å². The summed E-state index contributed by atoms with van der Waals surface area (Å²) in [7, 11) is 0. The Labute approximate surface area is 223 Å². The average molecular weight is 515 g/mol. The van der Waals surface area contributed by atoms with E-state index in [0.717, 1.165) is 56.9 Å². The van der Waals surface area contributed by atoms with Gasteiger partial charge in [-0.25, -0.2) is 0 Å². The molecule has 0 spiro atoms. The van der Waals surface area contributed by atoms with Gasteiger partial charge in [0, 0.05) is 6.92 Å². The second kappa shape index (κ2) is 8.32. The van der Waals surface area contributed by atoms with Gasteiger partial charge in [-0.1, -0.05) is 46.8 Å². The maximum atomic E-state index is 12.8. The number of esters is 1. The Morgan fingerprint density at radius 2 is 1.54 bits per heavy atom. The second-order valence-corrected chi connectivity index (χ2v) is 15.3. The van der Waals surface area contributed by atoms with Gasteiger partial charge < -0.3 is 14.9 Å². The zero-order chi connectivity index (χ0) is 27.3. The molecule has 0 aromatic carbocycles. The molecule has 5 heteroatoms. The Bertz CT molecular complexity index is 1000. The number of aliphatic hydroxyl groups is 1. The van der Waals surface area contributed by atoms with Crippen molar-refractivity contribution in [1.29, 1.82) is 0 Å². The summed E-state index contributed by atoms with van der Waals surface area (Å²) >= 11 is 0. The van der Waals surface area contributed by atoms with E-state index >= 15 is 0 Å². The minimum absolute atomic E-state index is 0.0470. The number of carboxylic acid groups (broad SMARTS) is 1. The molecule has 0 bridgehead atoms. The minimum Gasteiger partial charge on any atom is -0.481 e. The number of rotatable bonds is 3. The van der Waals surface area contributed by atoms with Crippen molar-refractivity contribution >= 4 is 11.9 Å². The monoisotopic (exact) mass is 514 g/mol. The number of hydrogen-bond donors (Lipinski definition) is 2. The van der Waals surface area contributed by atoms with Crippen molar-refractivity contribution in [2.75, 3.05) is 0 Å². The predicted molar refractivity (Wildman–Crippen MR) is 144 cm³/mol. The SMILES string of the molecule is C=C(C)[C@@H]1CC[C@]2(C(=O)O)CC[C@]3(C)[C@H](CC[C@@H]4[C@@]5(C)C[C@@H](OC(C)=O)[C@H](O)C(C)(C)[C@H]5CC[C@]43C)[C@H]12. The highest BCUT2D eigenvalue weighted by Crippen LogP contribution is 2.77. The number of fused-ring (bicyclic) bond motifs is 7. The maximum Gasteiger partial charge on any atom is 0.309 e. The van der Waals surface area contributed by atoms with E-state index in [1.807, 2.05) is 0 Å². The van der Waals surface area contributed by atoms with Crippen molar-refractivity contribution in [3.05, 3.63) is 12.2 Å². The molecule has 5 aliphatic rings. The number of aliphatic carboxylic acids is 1. The van der Waals surface area contributed by atoms with Crippen LogP contribution >= 0.6 is 0 Å². The number of carboxylic acids is 1. The lowest BCUT2D eigenvalue weighted by atomic mass is 9.32. The smallest absolute Gasteiger partial charge is 0.309 e. The Balaban J connectivity index is 1.56. The van der Waals surface area contributed by atoms with Crippen LogP contribution in [0, 0.1) is 56.7 Å². The van der Waals surface area contributed by atoms with Crippen molar-refractivity contribution in [2.24, 2.45) is 56.7 Å². The van der Waals surface area contributed by atoms with Gasteiger partial charge in [-0.05, 0) is 116 Å². The lowest BCUT2D eigenvalue weighted by molar-refractivity contribution is -0.265. The van der Waals surface area contributed by atoms with Crippen LogP contribution in [0.1, 0.15) is 106 Å². The van der Waals surface area contributed by atoms with Gasteiger partial charge in [-0.15, -0.1) is 0 Å². The molecule has 0 radical (unpaired) electrons. The first-order valence-corrected chi connectivity index (χ1v) is 14.8. The molecule has 5 rings (SSSR count). The summed E-state index contributed by atoms with van der Waals surface area (Å²) in [5.74, 6) is 0.754. The van der Waals surface area contributed by atoms with Crippen molar-refractivity contribution in [1.82, 2.24) is 0 Å². The van der Waals surface area contributed by atoms with E-state index in [0.29, 0.717) is 30.1 Å². The summed E-state index contributed by atoms with van der Waals surface area (Å²) in [6.45, 7) is 19.7. The lowest BCUT2D eigenvalue weighted by Crippen LogP contribution is -2.68. The second-order valence-electron chi connectivity index (χ2n) is 15.3. The molecule has 5 saturated carbocycles. The van der Waals surface area contributed by atoms with E-state index in [4.69, 9.17) is 4.74 Å². The number of hydrogen-bond acceptors (Lipinski definition) is 4. The summed E-state index contributed by atoms with van der Waals surface area (Å²) in [6.07, 6.45) is 7.36. The molecule has 208 valence electrons. The quantitative estimate of drug-likeness (QED) is 0.326. The number of carbonyl (C=O) groups excluding carboxylic acids is 1. The van der Waals surface area contributed by atoms with Gasteiger partial charge in [0.15, 0.2) is 0 Å². The molecule has 0 aromatic rings. The molecule has 5 fully saturated rings. The average Bonchev–Trinajstić information content (AvgIpc) is 3.19. The standard InChI is InChI=1S/C32H50O5/c1-18(2)20-11-14-32(27(35)36)16-15-30(7)21(25(20)32)9-10-24-29(6)17-22(37-19(3)33)26(34)28(4,5)23(29)12-13-31(24,30)8/h20-26,34H,1,9-17H2,2-8H3,(H,35,36)/t20-,21+,22+,23+,24+,25-,26-,29-,30+,31+,32-/m0/s1. The molecule has 0 aliphatic heterocycles. The van der Waals surface area contributed by atoms with E-state index in [2.05, 4.69) is 48.1 Å². The molecule has 0 heterocycles. The molecule has 5 nitrogen and oxygen atoms in total. The van der Waals surface area contributed by atoms with Crippen molar-refractivity contribution < 1.29 is 24.5 Å². The van der Waals surface area contributed by atoms with Crippen molar-refractivity contribution in [3.63, 3.8) is 0 Å². The van der Waals surface area contributed by atoms with Crippen molar-refractivity contribution in [3.8, 4) is 0 Å². The van der Waals surface area contributed by atoms with Crippen LogP contribution in [-0.4, -0.2) is 34.4 Å². The Hall–Kier alpha value is -1.36. The third-order valence-corrected chi connectivity index (χ3v) is 13.7. The molecule has 11 atom stereocenters. The van der Waals surface area contributed by atoms with Gasteiger partial charge in [0.1, 0.15) is 6.10 Å². The first-order valence-electron chi connectivity index (χ1n) is 14.8. The van der Waals surface area contributed by atoms with Crippen LogP contribution in [0.2, 0.25) is 0 Å². The lowest BCUT2D eigenvalue weighted by Gasteiger charge is -2.73. The fourth-order valence-corrected chi connectivity index (χ4v) is 11.9. The van der Waals surface area contributed by atoms with Crippen LogP contribution in [0.5, 0.6) is 0 Å². The van der Waals surface area contributed by atoms with E-state index in [1.165, 1.54) is 6.92 Å². The van der Waals surface area contributed by atoms with E-state index in [1.54, 1.807) is 0 Å². The fourth-order valence-electron chi connectivity index (χ4n) is 11.9. The van der Waals surface area contributed by atoms with Gasteiger partial charge in [0.25, 0.3) is 0 Å². The molecular formula is C32H50O5. The summed E-state index contributed by atoms with van der Waals surface area (Å²) in [6, 6.07) is 0. The van der Waals surface area contributed by atoms with Gasteiger partial charge in [-0.2, -0.15) is 0 Å². The normalized spacial score (nSPS) is 52.2. The molecule has 5 aliphatic carbocycles. The van der Waals surface area contributed by atoms with Gasteiger partial charge in [-0.3, -0.25) is 9.59 Å². The molecule has 0 saturated heterocycles. The summed E-state index contributed by atoms with van der Waals surface area (Å²) in [4.78, 5) is 24.8. The van der Waals surface area contributed by atoms with E-state index in [9.17, 15) is 19.8 Å². The maximum absolute atomic E-state index is 12.8. The summed E-state index contributed by atoms with van der Waals surface area (Å²) < 4.78 is 5.77. The molecule has 0 aromatic heterocycles. The minimum atomic E-state index is -0.661. The predicted octanol–water partition coefficient (Wildman–Crippen LogP) is 6.63. The highest BCUT2D eigenvalue weighted by atomic mass is 16.6. The summed E-state index contributed by atoms with van der Waals surface area (Å²) in [5, 5.41) is 21.9. The molecule has 0 unspecified atom stereocenters. The molecule has 2 N–H and O–H groups in total. The molecule has 0 amide bonds. The summed E-state index contributed by atoms with van der Waals surface area (Å²) in [5.41, 5.74) is 0.306. The third kappa shape index (κ3) is 3.37. The van der Waals surface area contributed by atoms with E-state index in [-0.39, 0.29) is 33.5 Å². The van der Waals surface area contributed by atoms with Crippen LogP contribution in [-0.2, 0) is 14.3 Å². The Morgan fingerprint density at radius 1 is 0.865 bits per heavy atom. The molecular weight excluding hydrogens is 464 g/mol. The number of ether oxygens (including phenoxy) is 1. The van der Waals surface area contributed by atoms with Crippen LogP contribution in [0.15, 0.2) is 12.2 Å². The van der Waals surface area contributed by atoms with E-state index < -0.39 is 23.6 Å². The fraction of sp³-hybridized carbons (Fsp3) is 0.875. The number of carbonyl (C=O) groups is 2. The van der Waals surface area contributed by atoms with Crippen molar-refractivity contribution in [2.45, 2.75) is 118 Å². The first kappa shape index (κ1) is 27.2. The van der Waals surface area contributed by atoms with Crippen LogP contribution in [0.3, 0.4) is 0 Å². The zero-order valence-corrected chi connectivity index (χ0v) is 24.2. The Kier molecular flexibility index (Phi) is 6.12. The zero-order valence-electron chi connectivity index (χ0n) is 24.2. The highest BCUT2D eigenvalue weighted by Gasteiger charge is 2.72. The van der Waals surface area contributed by atoms with Gasteiger partial charge in [0.2, 0.25) is 0 Å². The van der Waals surface area contributed by atoms with Crippen LogP contribution in [0.4, 0.5) is 0 Å². The largest absolute Gasteiger partial charge is 0.481 e. The van der Waals surface area contributed by atoms with Gasteiger partial charge in [0.05, 0.1) is 11.5 Å². The molecule has 37 heavy (non-hydrogen) atoms.